The molecule has 16 heavy (non-hydrogen) atoms. The molecule has 0 rings (SSSR count). The van der Waals surface area contributed by atoms with Crippen molar-refractivity contribution in [2.24, 2.45) is 0 Å². The smallest absolute Gasteiger partial charge is 0.317 e. The molecule has 0 aromatic carbocycles. The highest BCUT2D eigenvalue weighted by Gasteiger charge is 2.19. The molecule has 0 heterocycles. The molecule has 4 nitrogen and oxygen atoms in total. The van der Waals surface area contributed by atoms with Gasteiger partial charge >= 0.3 is 5.97 Å². The van der Waals surface area contributed by atoms with Crippen molar-refractivity contribution in [1.29, 1.82) is 0 Å². The molecule has 0 radical (unpaired) electrons. The Hall–Kier alpha value is -0.490. The van der Waals surface area contributed by atoms with E-state index in [0.29, 0.717) is 12.2 Å². The van der Waals surface area contributed by atoms with Crippen molar-refractivity contribution in [2.75, 3.05) is 5.75 Å². The highest BCUT2D eigenvalue weighted by Crippen LogP contribution is 2.19. The van der Waals surface area contributed by atoms with E-state index in [4.69, 9.17) is 5.11 Å². The zero-order valence-electron chi connectivity index (χ0n) is 9.39. The summed E-state index contributed by atoms with van der Waals surface area (Å²) in [5, 5.41) is 8.08. The molecule has 1 N–H and O–H groups in total. The van der Waals surface area contributed by atoms with Crippen molar-refractivity contribution in [3.63, 3.8) is 0 Å². The third kappa shape index (κ3) is 8.79. The standard InChI is InChI=1S/C10H16O4S2/c1-7(11)15-6-4-3-5-9(10(13)14)16-8(2)12/h9H,3-6H2,1-2H3,(H,13,14). The van der Waals surface area contributed by atoms with Gasteiger partial charge in [0.05, 0.1) is 0 Å². The maximum atomic E-state index is 10.8. The van der Waals surface area contributed by atoms with Gasteiger partial charge in [-0.15, -0.1) is 0 Å². The largest absolute Gasteiger partial charge is 0.480 e. The molecule has 6 heteroatoms. The van der Waals surface area contributed by atoms with Gasteiger partial charge in [-0.2, -0.15) is 0 Å². The second-order valence-corrected chi connectivity index (χ2v) is 5.92. The molecule has 0 spiro atoms. The Morgan fingerprint density at radius 1 is 1.12 bits per heavy atom. The first-order chi connectivity index (χ1) is 7.43. The van der Waals surface area contributed by atoms with E-state index >= 15 is 0 Å². The summed E-state index contributed by atoms with van der Waals surface area (Å²) in [5.41, 5.74) is 0. The minimum Gasteiger partial charge on any atom is -0.480 e. The summed E-state index contributed by atoms with van der Waals surface area (Å²) in [6, 6.07) is 0. The number of hydrogen-bond acceptors (Lipinski definition) is 5. The fraction of sp³-hybridized carbons (Fsp3) is 0.700. The summed E-state index contributed by atoms with van der Waals surface area (Å²) < 4.78 is 0. The van der Waals surface area contributed by atoms with Crippen molar-refractivity contribution in [3.05, 3.63) is 0 Å². The zero-order chi connectivity index (χ0) is 12.6. The number of carboxylic acid groups (broad SMARTS) is 1. The van der Waals surface area contributed by atoms with Crippen molar-refractivity contribution < 1.29 is 19.5 Å². The fourth-order valence-corrected chi connectivity index (χ4v) is 2.50. The maximum Gasteiger partial charge on any atom is 0.317 e. The van der Waals surface area contributed by atoms with E-state index in [0.717, 1.165) is 24.6 Å². The summed E-state index contributed by atoms with van der Waals surface area (Å²) in [6.07, 6.45) is 1.99. The van der Waals surface area contributed by atoms with Gasteiger partial charge in [-0.1, -0.05) is 29.9 Å². The number of rotatable bonds is 7. The number of carbonyl (C=O) groups is 3. The highest BCUT2D eigenvalue weighted by molar-refractivity contribution is 8.14. The quantitative estimate of drug-likeness (QED) is 0.711. The molecular formula is C10H16O4S2. The molecule has 0 aliphatic rings. The summed E-state index contributed by atoms with van der Waals surface area (Å²) in [7, 11) is 0. The van der Waals surface area contributed by atoms with Crippen LogP contribution in [-0.4, -0.2) is 32.3 Å². The van der Waals surface area contributed by atoms with Crippen molar-refractivity contribution in [3.8, 4) is 0 Å². The molecule has 0 amide bonds. The van der Waals surface area contributed by atoms with Crippen LogP contribution in [0.1, 0.15) is 33.1 Å². The van der Waals surface area contributed by atoms with Crippen molar-refractivity contribution in [1.82, 2.24) is 0 Å². The van der Waals surface area contributed by atoms with Gasteiger partial charge in [-0.05, 0) is 12.8 Å². The predicted molar refractivity (Wildman–Crippen MR) is 66.7 cm³/mol. The molecule has 92 valence electrons. The van der Waals surface area contributed by atoms with Crippen LogP contribution in [0.3, 0.4) is 0 Å². The number of hydrogen-bond donors (Lipinski definition) is 1. The molecule has 0 aromatic heterocycles. The van der Waals surface area contributed by atoms with Gasteiger partial charge < -0.3 is 5.11 Å². The van der Waals surface area contributed by atoms with Gasteiger partial charge in [0, 0.05) is 19.6 Å². The number of carboxylic acids is 1. The second kappa shape index (κ2) is 8.64. The first-order valence-electron chi connectivity index (χ1n) is 4.97. The van der Waals surface area contributed by atoms with Crippen LogP contribution < -0.4 is 0 Å². The number of aliphatic carboxylic acids is 1. The molecule has 0 aliphatic carbocycles. The molecule has 0 saturated heterocycles. The van der Waals surface area contributed by atoms with Crippen molar-refractivity contribution in [2.45, 2.75) is 38.4 Å². The summed E-state index contributed by atoms with van der Waals surface area (Å²) >= 11 is 2.10. The van der Waals surface area contributed by atoms with Gasteiger partial charge in [-0.3, -0.25) is 14.4 Å². The lowest BCUT2D eigenvalue weighted by molar-refractivity contribution is -0.136. The lowest BCUT2D eigenvalue weighted by atomic mass is 10.2. The van der Waals surface area contributed by atoms with Crippen LogP contribution in [-0.2, 0) is 14.4 Å². The number of carbonyl (C=O) groups excluding carboxylic acids is 2. The summed E-state index contributed by atoms with van der Waals surface area (Å²) in [6.45, 7) is 2.88. The molecule has 1 unspecified atom stereocenters. The average molecular weight is 264 g/mol. The normalized spacial score (nSPS) is 12.1. The zero-order valence-corrected chi connectivity index (χ0v) is 11.0. The van der Waals surface area contributed by atoms with Crippen LogP contribution in [0.5, 0.6) is 0 Å². The fourth-order valence-electron chi connectivity index (χ4n) is 1.08. The number of unbranched alkanes of at least 4 members (excludes halogenated alkanes) is 1. The Labute approximate surface area is 104 Å². The monoisotopic (exact) mass is 264 g/mol. The molecule has 1 atom stereocenters. The lowest BCUT2D eigenvalue weighted by Crippen LogP contribution is -2.17. The Kier molecular flexibility index (Phi) is 8.37. The van der Waals surface area contributed by atoms with E-state index in [1.54, 1.807) is 0 Å². The first kappa shape index (κ1) is 15.5. The lowest BCUT2D eigenvalue weighted by Gasteiger charge is -2.08. The Morgan fingerprint density at radius 2 is 1.75 bits per heavy atom. The van der Waals surface area contributed by atoms with Gasteiger partial charge in [-0.25, -0.2) is 0 Å². The minimum atomic E-state index is -0.945. The van der Waals surface area contributed by atoms with Gasteiger partial charge in [0.15, 0.2) is 10.2 Å². The average Bonchev–Trinajstić information content (AvgIpc) is 2.14. The van der Waals surface area contributed by atoms with E-state index in [-0.39, 0.29) is 10.2 Å². The maximum absolute atomic E-state index is 10.8. The van der Waals surface area contributed by atoms with E-state index < -0.39 is 11.2 Å². The van der Waals surface area contributed by atoms with Crippen LogP contribution in [0, 0.1) is 0 Å². The van der Waals surface area contributed by atoms with Crippen molar-refractivity contribution >= 4 is 39.7 Å². The molecule has 0 saturated carbocycles. The van der Waals surface area contributed by atoms with Gasteiger partial charge in [0.25, 0.3) is 0 Å². The topological polar surface area (TPSA) is 71.4 Å². The van der Waals surface area contributed by atoms with Crippen LogP contribution in [0.2, 0.25) is 0 Å². The van der Waals surface area contributed by atoms with Gasteiger partial charge in [0.1, 0.15) is 5.25 Å². The third-order valence-electron chi connectivity index (χ3n) is 1.75. The van der Waals surface area contributed by atoms with Crippen LogP contribution in [0.15, 0.2) is 0 Å². The molecule has 0 bridgehead atoms. The minimum absolute atomic E-state index is 0.0768. The molecular weight excluding hydrogens is 248 g/mol. The first-order valence-corrected chi connectivity index (χ1v) is 6.83. The predicted octanol–water partition coefficient (Wildman–Crippen LogP) is 2.17. The van der Waals surface area contributed by atoms with Gasteiger partial charge in [0.2, 0.25) is 0 Å². The molecule has 0 aliphatic heterocycles. The van der Waals surface area contributed by atoms with Crippen LogP contribution in [0.25, 0.3) is 0 Å². The Balaban J connectivity index is 3.72. The SMILES string of the molecule is CC(=O)SCCCCC(SC(C)=O)C(=O)O. The second-order valence-electron chi connectivity index (χ2n) is 3.27. The summed E-state index contributed by atoms with van der Waals surface area (Å²) in [4.78, 5) is 32.2. The third-order valence-corrected chi connectivity index (χ3v) is 3.70. The van der Waals surface area contributed by atoms with E-state index in [1.807, 2.05) is 0 Å². The van der Waals surface area contributed by atoms with E-state index in [9.17, 15) is 14.4 Å². The summed E-state index contributed by atoms with van der Waals surface area (Å²) in [5.74, 6) is -0.230. The Morgan fingerprint density at radius 3 is 2.19 bits per heavy atom. The molecule has 0 fully saturated rings. The van der Waals surface area contributed by atoms with E-state index in [2.05, 4.69) is 0 Å². The highest BCUT2D eigenvalue weighted by atomic mass is 32.2. The number of thioether (sulfide) groups is 2. The molecule has 0 aromatic rings. The van der Waals surface area contributed by atoms with Crippen LogP contribution >= 0.6 is 23.5 Å². The van der Waals surface area contributed by atoms with E-state index in [1.165, 1.54) is 25.6 Å². The Bertz CT molecular complexity index is 266. The van der Waals surface area contributed by atoms with Crippen LogP contribution in [0.4, 0.5) is 0 Å².